The molecule has 19 heavy (non-hydrogen) atoms. The Morgan fingerprint density at radius 3 is 2.37 bits per heavy atom. The highest BCUT2D eigenvalue weighted by molar-refractivity contribution is 5.71. The lowest BCUT2D eigenvalue weighted by Crippen LogP contribution is -2.14. The van der Waals surface area contributed by atoms with Crippen molar-refractivity contribution in [3.8, 4) is 0 Å². The first-order valence-corrected chi connectivity index (χ1v) is 7.88. The highest BCUT2D eigenvalue weighted by Crippen LogP contribution is 2.19. The van der Waals surface area contributed by atoms with Crippen LogP contribution in [-0.2, 0) is 9.53 Å². The number of esters is 1. The van der Waals surface area contributed by atoms with Gasteiger partial charge in [0.2, 0.25) is 0 Å². The minimum atomic E-state index is -0.0671. The maximum absolute atomic E-state index is 11.5. The number of carbonyl (C=O) groups is 1. The van der Waals surface area contributed by atoms with Crippen LogP contribution in [0.2, 0.25) is 0 Å². The van der Waals surface area contributed by atoms with E-state index in [-0.39, 0.29) is 11.9 Å². The Balaban J connectivity index is 3.96. The lowest BCUT2D eigenvalue weighted by molar-refractivity contribution is -0.147. The van der Waals surface area contributed by atoms with Gasteiger partial charge in [0.05, 0.1) is 12.5 Å². The van der Waals surface area contributed by atoms with E-state index in [9.17, 15) is 4.79 Å². The number of carbonyl (C=O) groups excluding carboxylic acids is 1. The summed E-state index contributed by atoms with van der Waals surface area (Å²) in [4.78, 5) is 11.5. The third-order valence-electron chi connectivity index (χ3n) is 3.79. The molecule has 0 saturated heterocycles. The summed E-state index contributed by atoms with van der Waals surface area (Å²) in [7, 11) is 0. The second kappa shape index (κ2) is 11.1. The van der Waals surface area contributed by atoms with E-state index in [1.807, 2.05) is 13.8 Å². The molecule has 0 heterocycles. The fraction of sp³-hybridized carbons (Fsp3) is 0.824. The largest absolute Gasteiger partial charge is 0.466 e. The molecule has 0 saturated carbocycles. The predicted molar refractivity (Wildman–Crippen MR) is 82.0 cm³/mol. The first-order chi connectivity index (χ1) is 9.04. The fourth-order valence-corrected chi connectivity index (χ4v) is 2.10. The summed E-state index contributed by atoms with van der Waals surface area (Å²) in [5.41, 5.74) is 0. The summed E-state index contributed by atoms with van der Waals surface area (Å²) in [6, 6.07) is 0. The molecule has 0 aromatic heterocycles. The zero-order valence-corrected chi connectivity index (χ0v) is 13.4. The minimum Gasteiger partial charge on any atom is -0.466 e. The summed E-state index contributed by atoms with van der Waals surface area (Å²) < 4.78 is 5.01. The molecule has 0 amide bonds. The molecule has 0 aliphatic rings. The summed E-state index contributed by atoms with van der Waals surface area (Å²) >= 11 is 0. The van der Waals surface area contributed by atoms with Crippen molar-refractivity contribution in [2.75, 3.05) is 6.61 Å². The van der Waals surface area contributed by atoms with E-state index < -0.39 is 0 Å². The van der Waals surface area contributed by atoms with Crippen molar-refractivity contribution in [2.45, 2.75) is 66.7 Å². The molecule has 0 spiro atoms. The molecule has 3 unspecified atom stereocenters. The van der Waals surface area contributed by atoms with Gasteiger partial charge in [-0.1, -0.05) is 46.3 Å². The van der Waals surface area contributed by atoms with Crippen molar-refractivity contribution in [3.05, 3.63) is 12.2 Å². The Kier molecular flexibility index (Phi) is 10.6. The SMILES string of the molecule is CCOC(=O)C(C)CC/C=C\C(CC)CC(C)CC. The molecule has 0 N–H and O–H groups in total. The van der Waals surface area contributed by atoms with Gasteiger partial charge in [0.25, 0.3) is 0 Å². The molecule has 3 atom stereocenters. The molecule has 0 bridgehead atoms. The predicted octanol–water partition coefficient (Wildman–Crippen LogP) is 4.98. The average Bonchev–Trinajstić information content (AvgIpc) is 2.41. The normalized spacial score (nSPS) is 16.3. The van der Waals surface area contributed by atoms with Crippen molar-refractivity contribution in [1.82, 2.24) is 0 Å². The van der Waals surface area contributed by atoms with Gasteiger partial charge in [0.15, 0.2) is 0 Å². The van der Waals surface area contributed by atoms with Gasteiger partial charge in [-0.25, -0.2) is 0 Å². The first-order valence-electron chi connectivity index (χ1n) is 7.88. The van der Waals surface area contributed by atoms with Gasteiger partial charge < -0.3 is 4.74 Å². The van der Waals surface area contributed by atoms with Crippen molar-refractivity contribution in [3.63, 3.8) is 0 Å². The summed E-state index contributed by atoms with van der Waals surface area (Å²) in [6.07, 6.45) is 10.2. The number of ether oxygens (including phenoxy) is 1. The molecule has 0 aromatic carbocycles. The van der Waals surface area contributed by atoms with E-state index in [0.717, 1.165) is 18.8 Å². The monoisotopic (exact) mass is 268 g/mol. The molecule has 2 heteroatoms. The van der Waals surface area contributed by atoms with Crippen LogP contribution in [-0.4, -0.2) is 12.6 Å². The standard InChI is InChI=1S/C17H32O2/c1-6-14(4)13-16(7-2)12-10-9-11-15(5)17(18)19-8-3/h10,12,14-16H,6-9,11,13H2,1-5H3/b12-10-. The zero-order chi connectivity index (χ0) is 14.7. The Bertz CT molecular complexity index is 258. The van der Waals surface area contributed by atoms with E-state index in [0.29, 0.717) is 12.5 Å². The third kappa shape index (κ3) is 8.85. The summed E-state index contributed by atoms with van der Waals surface area (Å²) in [6.45, 7) is 11.1. The lowest BCUT2D eigenvalue weighted by atomic mass is 9.91. The quantitative estimate of drug-likeness (QED) is 0.412. The van der Waals surface area contributed by atoms with Crippen LogP contribution in [0.1, 0.15) is 66.7 Å². The Morgan fingerprint density at radius 1 is 1.16 bits per heavy atom. The van der Waals surface area contributed by atoms with E-state index in [1.165, 1.54) is 19.3 Å². The molecule has 0 aromatic rings. The van der Waals surface area contributed by atoms with E-state index in [4.69, 9.17) is 4.74 Å². The van der Waals surface area contributed by atoms with E-state index in [2.05, 4.69) is 32.9 Å². The lowest BCUT2D eigenvalue weighted by Gasteiger charge is -2.15. The second-order valence-electron chi connectivity index (χ2n) is 5.58. The van der Waals surface area contributed by atoms with Gasteiger partial charge in [-0.2, -0.15) is 0 Å². The third-order valence-corrected chi connectivity index (χ3v) is 3.79. The molecular weight excluding hydrogens is 236 g/mol. The van der Waals surface area contributed by atoms with Gasteiger partial charge in [0, 0.05) is 0 Å². The molecule has 112 valence electrons. The number of rotatable bonds is 10. The van der Waals surface area contributed by atoms with Crippen LogP contribution in [0.15, 0.2) is 12.2 Å². The van der Waals surface area contributed by atoms with Gasteiger partial charge in [-0.3, -0.25) is 4.79 Å². The number of allylic oxidation sites excluding steroid dienone is 2. The van der Waals surface area contributed by atoms with Crippen molar-refractivity contribution < 1.29 is 9.53 Å². The van der Waals surface area contributed by atoms with Crippen molar-refractivity contribution in [1.29, 1.82) is 0 Å². The maximum atomic E-state index is 11.5. The summed E-state index contributed by atoms with van der Waals surface area (Å²) in [5.74, 6) is 1.43. The molecule has 0 radical (unpaired) electrons. The Hall–Kier alpha value is -0.790. The maximum Gasteiger partial charge on any atom is 0.308 e. The van der Waals surface area contributed by atoms with Crippen LogP contribution in [0.25, 0.3) is 0 Å². The smallest absolute Gasteiger partial charge is 0.308 e. The van der Waals surface area contributed by atoms with Gasteiger partial charge in [-0.05, 0) is 44.4 Å². The van der Waals surface area contributed by atoms with Gasteiger partial charge in [0.1, 0.15) is 0 Å². The van der Waals surface area contributed by atoms with Crippen molar-refractivity contribution in [2.24, 2.45) is 17.8 Å². The molecule has 0 aliphatic heterocycles. The number of hydrogen-bond acceptors (Lipinski definition) is 2. The topological polar surface area (TPSA) is 26.3 Å². The average molecular weight is 268 g/mol. The number of hydrogen-bond donors (Lipinski definition) is 0. The molecule has 2 nitrogen and oxygen atoms in total. The van der Waals surface area contributed by atoms with Gasteiger partial charge in [-0.15, -0.1) is 0 Å². The summed E-state index contributed by atoms with van der Waals surface area (Å²) in [5, 5.41) is 0. The van der Waals surface area contributed by atoms with Crippen LogP contribution in [0, 0.1) is 17.8 Å². The fourth-order valence-electron chi connectivity index (χ4n) is 2.10. The molecule has 0 fully saturated rings. The van der Waals surface area contributed by atoms with Crippen LogP contribution in [0.3, 0.4) is 0 Å². The Labute approximate surface area is 119 Å². The highest BCUT2D eigenvalue weighted by atomic mass is 16.5. The van der Waals surface area contributed by atoms with Crippen molar-refractivity contribution >= 4 is 5.97 Å². The van der Waals surface area contributed by atoms with Crippen LogP contribution < -0.4 is 0 Å². The zero-order valence-electron chi connectivity index (χ0n) is 13.4. The second-order valence-corrected chi connectivity index (χ2v) is 5.58. The van der Waals surface area contributed by atoms with Crippen LogP contribution in [0.5, 0.6) is 0 Å². The van der Waals surface area contributed by atoms with E-state index >= 15 is 0 Å². The van der Waals surface area contributed by atoms with Crippen LogP contribution in [0.4, 0.5) is 0 Å². The van der Waals surface area contributed by atoms with E-state index in [1.54, 1.807) is 0 Å². The molecule has 0 aliphatic carbocycles. The Morgan fingerprint density at radius 2 is 1.84 bits per heavy atom. The minimum absolute atomic E-state index is 0.0132. The van der Waals surface area contributed by atoms with Gasteiger partial charge >= 0.3 is 5.97 Å². The molecule has 0 rings (SSSR count). The molecular formula is C17H32O2. The van der Waals surface area contributed by atoms with Crippen LogP contribution >= 0.6 is 0 Å². The highest BCUT2D eigenvalue weighted by Gasteiger charge is 2.12. The first kappa shape index (κ1) is 18.2.